The molecule has 0 aromatic carbocycles. The van der Waals surface area contributed by atoms with E-state index in [4.69, 9.17) is 5.84 Å². The highest BCUT2D eigenvalue weighted by molar-refractivity contribution is 5.95. The molecular formula is C13H20N4O. The van der Waals surface area contributed by atoms with Gasteiger partial charge in [-0.05, 0) is 38.3 Å². The molecule has 1 atom stereocenters. The summed E-state index contributed by atoms with van der Waals surface area (Å²) in [6.45, 7) is 4.94. The Labute approximate surface area is 107 Å². The zero-order valence-electron chi connectivity index (χ0n) is 10.9. The number of nitrogens with one attached hydrogen (secondary N) is 1. The molecule has 1 aliphatic rings. The summed E-state index contributed by atoms with van der Waals surface area (Å²) in [7, 11) is 0. The number of aryl methyl sites for hydroxylation is 1. The number of hydrazine groups is 1. The van der Waals surface area contributed by atoms with E-state index in [2.05, 4.69) is 17.3 Å². The van der Waals surface area contributed by atoms with Crippen molar-refractivity contribution in [3.63, 3.8) is 0 Å². The predicted molar refractivity (Wildman–Crippen MR) is 71.2 cm³/mol. The predicted octanol–water partition coefficient (Wildman–Crippen LogP) is 1.55. The number of nitrogens with two attached hydrogens (primary N) is 1. The number of nitrogens with zero attached hydrogens (tertiary/aromatic N) is 2. The highest BCUT2D eigenvalue weighted by Gasteiger charge is 2.26. The topological polar surface area (TPSA) is 71.2 Å². The molecule has 0 bridgehead atoms. The van der Waals surface area contributed by atoms with E-state index >= 15 is 0 Å². The van der Waals surface area contributed by atoms with Crippen molar-refractivity contribution in [1.29, 1.82) is 0 Å². The average molecular weight is 248 g/mol. The van der Waals surface area contributed by atoms with Gasteiger partial charge in [0.25, 0.3) is 5.91 Å². The number of amides is 1. The van der Waals surface area contributed by atoms with E-state index in [1.807, 2.05) is 17.9 Å². The van der Waals surface area contributed by atoms with Gasteiger partial charge in [0.05, 0.1) is 0 Å². The van der Waals surface area contributed by atoms with Crippen LogP contribution in [-0.2, 0) is 6.42 Å². The normalized spacial score (nSPS) is 19.1. The number of nitrogen functional groups attached to an aromatic ring is 1. The third kappa shape index (κ3) is 2.46. The highest BCUT2D eigenvalue weighted by Crippen LogP contribution is 2.21. The summed E-state index contributed by atoms with van der Waals surface area (Å²) in [6.07, 6.45) is 2.95. The van der Waals surface area contributed by atoms with Gasteiger partial charge in [-0.1, -0.05) is 6.92 Å². The van der Waals surface area contributed by atoms with Crippen molar-refractivity contribution < 1.29 is 4.79 Å². The maximum atomic E-state index is 12.4. The van der Waals surface area contributed by atoms with Crippen molar-refractivity contribution >= 4 is 11.7 Å². The number of likely N-dealkylation sites (tertiary alicyclic amines) is 1. The van der Waals surface area contributed by atoms with Gasteiger partial charge in [-0.3, -0.25) is 4.79 Å². The minimum atomic E-state index is 0.0774. The average Bonchev–Trinajstić information content (AvgIpc) is 2.83. The lowest BCUT2D eigenvalue weighted by Crippen LogP contribution is -2.33. The maximum Gasteiger partial charge on any atom is 0.254 e. The van der Waals surface area contributed by atoms with Gasteiger partial charge in [-0.2, -0.15) is 0 Å². The fourth-order valence-corrected chi connectivity index (χ4v) is 2.37. The van der Waals surface area contributed by atoms with E-state index in [1.54, 1.807) is 6.07 Å². The van der Waals surface area contributed by atoms with Crippen LogP contribution in [0.4, 0.5) is 5.82 Å². The minimum Gasteiger partial charge on any atom is -0.336 e. The van der Waals surface area contributed by atoms with Gasteiger partial charge < -0.3 is 10.3 Å². The van der Waals surface area contributed by atoms with Crippen molar-refractivity contribution in [1.82, 2.24) is 9.88 Å². The molecule has 0 saturated carbocycles. The number of aromatic nitrogens is 1. The number of hydrogen-bond donors (Lipinski definition) is 2. The number of anilines is 1. The fourth-order valence-electron chi connectivity index (χ4n) is 2.37. The molecule has 1 unspecified atom stereocenters. The zero-order valence-corrected chi connectivity index (χ0v) is 10.9. The van der Waals surface area contributed by atoms with Gasteiger partial charge in [-0.25, -0.2) is 10.8 Å². The molecule has 1 saturated heterocycles. The van der Waals surface area contributed by atoms with Crippen LogP contribution in [0.1, 0.15) is 42.7 Å². The van der Waals surface area contributed by atoms with Gasteiger partial charge in [0.1, 0.15) is 5.82 Å². The van der Waals surface area contributed by atoms with Crippen molar-refractivity contribution in [3.8, 4) is 0 Å². The maximum absolute atomic E-state index is 12.4. The Bertz CT molecular complexity index is 424. The molecule has 2 heterocycles. The number of pyridine rings is 1. The molecule has 98 valence electrons. The molecule has 1 aromatic rings. The van der Waals surface area contributed by atoms with Gasteiger partial charge >= 0.3 is 0 Å². The number of rotatable bonds is 3. The Kier molecular flexibility index (Phi) is 3.81. The Morgan fingerprint density at radius 3 is 2.94 bits per heavy atom. The van der Waals surface area contributed by atoms with Crippen LogP contribution >= 0.6 is 0 Å². The summed E-state index contributed by atoms with van der Waals surface area (Å²) >= 11 is 0. The number of carbonyl (C=O) groups is 1. The monoisotopic (exact) mass is 248 g/mol. The molecular weight excluding hydrogens is 228 g/mol. The molecule has 1 amide bonds. The lowest BCUT2D eigenvalue weighted by Gasteiger charge is -2.21. The van der Waals surface area contributed by atoms with Crippen LogP contribution in [0.3, 0.4) is 0 Å². The van der Waals surface area contributed by atoms with E-state index in [9.17, 15) is 4.79 Å². The van der Waals surface area contributed by atoms with Gasteiger partial charge in [0.15, 0.2) is 0 Å². The van der Waals surface area contributed by atoms with Crippen molar-refractivity contribution in [3.05, 3.63) is 23.4 Å². The molecule has 2 rings (SSSR count). The van der Waals surface area contributed by atoms with E-state index in [0.717, 1.165) is 31.5 Å². The molecule has 1 aliphatic heterocycles. The summed E-state index contributed by atoms with van der Waals surface area (Å²) in [5.74, 6) is 6.01. The van der Waals surface area contributed by atoms with E-state index in [1.165, 1.54) is 0 Å². The van der Waals surface area contributed by atoms with Crippen LogP contribution in [0.5, 0.6) is 0 Å². The van der Waals surface area contributed by atoms with Gasteiger partial charge in [0, 0.05) is 23.8 Å². The second-order valence-electron chi connectivity index (χ2n) is 4.72. The highest BCUT2D eigenvalue weighted by atomic mass is 16.2. The molecule has 18 heavy (non-hydrogen) atoms. The summed E-state index contributed by atoms with van der Waals surface area (Å²) in [5.41, 5.74) is 4.06. The molecule has 5 nitrogen and oxygen atoms in total. The van der Waals surface area contributed by atoms with Crippen molar-refractivity contribution in [2.75, 3.05) is 12.0 Å². The molecule has 3 N–H and O–H groups in total. The first-order chi connectivity index (χ1) is 8.65. The van der Waals surface area contributed by atoms with Gasteiger partial charge in [-0.15, -0.1) is 0 Å². The van der Waals surface area contributed by atoms with Crippen molar-refractivity contribution in [2.24, 2.45) is 5.84 Å². The third-order valence-corrected chi connectivity index (χ3v) is 3.45. The summed E-state index contributed by atoms with van der Waals surface area (Å²) in [6, 6.07) is 3.89. The summed E-state index contributed by atoms with van der Waals surface area (Å²) in [5, 5.41) is 0. The Morgan fingerprint density at radius 1 is 1.61 bits per heavy atom. The van der Waals surface area contributed by atoms with Crippen LogP contribution in [-0.4, -0.2) is 28.4 Å². The summed E-state index contributed by atoms with van der Waals surface area (Å²) in [4.78, 5) is 18.6. The Balaban J connectivity index is 2.29. The molecule has 0 radical (unpaired) electrons. The minimum absolute atomic E-state index is 0.0774. The molecule has 1 fully saturated rings. The Morgan fingerprint density at radius 2 is 2.39 bits per heavy atom. The first-order valence-electron chi connectivity index (χ1n) is 6.44. The first kappa shape index (κ1) is 12.8. The second kappa shape index (κ2) is 5.35. The van der Waals surface area contributed by atoms with Gasteiger partial charge in [0.2, 0.25) is 0 Å². The third-order valence-electron chi connectivity index (χ3n) is 3.45. The van der Waals surface area contributed by atoms with Crippen LogP contribution in [0.15, 0.2) is 12.1 Å². The van der Waals surface area contributed by atoms with Crippen LogP contribution < -0.4 is 11.3 Å². The number of carbonyl (C=O) groups excluding carboxylic acids is 1. The number of hydrogen-bond acceptors (Lipinski definition) is 4. The lowest BCUT2D eigenvalue weighted by atomic mass is 10.1. The standard InChI is InChI=1S/C13H20N4O/c1-3-11-7-10(8-12(15-11)16-14)13(18)17-6-4-5-9(17)2/h7-9H,3-6,14H2,1-2H3,(H,15,16). The van der Waals surface area contributed by atoms with Crippen LogP contribution in [0.2, 0.25) is 0 Å². The Hall–Kier alpha value is -1.62. The molecule has 5 heteroatoms. The SMILES string of the molecule is CCc1cc(C(=O)N2CCCC2C)cc(NN)n1. The van der Waals surface area contributed by atoms with Crippen LogP contribution in [0, 0.1) is 0 Å². The lowest BCUT2D eigenvalue weighted by molar-refractivity contribution is 0.0747. The molecule has 0 aliphatic carbocycles. The van der Waals surface area contributed by atoms with Crippen LogP contribution in [0.25, 0.3) is 0 Å². The molecule has 0 spiro atoms. The van der Waals surface area contributed by atoms with E-state index < -0.39 is 0 Å². The van der Waals surface area contributed by atoms with E-state index in [-0.39, 0.29) is 5.91 Å². The summed E-state index contributed by atoms with van der Waals surface area (Å²) < 4.78 is 0. The molecule has 1 aromatic heterocycles. The largest absolute Gasteiger partial charge is 0.336 e. The van der Waals surface area contributed by atoms with Crippen molar-refractivity contribution in [2.45, 2.75) is 39.2 Å². The first-order valence-corrected chi connectivity index (χ1v) is 6.44. The quantitative estimate of drug-likeness (QED) is 0.629. The fraction of sp³-hybridized carbons (Fsp3) is 0.538. The smallest absolute Gasteiger partial charge is 0.254 e. The zero-order chi connectivity index (χ0) is 13.1. The second-order valence-corrected chi connectivity index (χ2v) is 4.72. The van der Waals surface area contributed by atoms with E-state index in [0.29, 0.717) is 17.4 Å².